The van der Waals surface area contributed by atoms with Gasteiger partial charge in [-0.25, -0.2) is 0 Å². The van der Waals surface area contributed by atoms with E-state index in [0.29, 0.717) is 5.75 Å². The predicted octanol–water partition coefficient (Wildman–Crippen LogP) is 3.54. The van der Waals surface area contributed by atoms with Crippen LogP contribution < -0.4 is 5.32 Å². The Hall–Kier alpha value is -0.480. The van der Waals surface area contributed by atoms with Crippen LogP contribution in [0.4, 0.5) is 0 Å². The van der Waals surface area contributed by atoms with Crippen LogP contribution in [0.1, 0.15) is 37.9 Å². The maximum Gasteiger partial charge on any atom is 0.120 e. The molecule has 1 aromatic rings. The van der Waals surface area contributed by atoms with Crippen molar-refractivity contribution in [1.82, 2.24) is 10.2 Å². The predicted molar refractivity (Wildman–Crippen MR) is 94.0 cm³/mol. The number of hydrogen-bond donors (Lipinski definition) is 2. The van der Waals surface area contributed by atoms with Gasteiger partial charge in [0.1, 0.15) is 5.75 Å². The summed E-state index contributed by atoms with van der Waals surface area (Å²) in [4.78, 5) is 2.49. The van der Waals surface area contributed by atoms with Gasteiger partial charge in [0.05, 0.1) is 0 Å². The first-order chi connectivity index (χ1) is 8.89. The van der Waals surface area contributed by atoms with Crippen molar-refractivity contribution in [2.24, 2.45) is 5.41 Å². The highest BCUT2D eigenvalue weighted by Gasteiger charge is 2.34. The van der Waals surface area contributed by atoms with Gasteiger partial charge in [0.2, 0.25) is 0 Å². The van der Waals surface area contributed by atoms with E-state index in [9.17, 15) is 5.11 Å². The first-order valence-corrected chi connectivity index (χ1v) is 7.14. The van der Waals surface area contributed by atoms with Crippen LogP contribution in [-0.2, 0) is 0 Å². The minimum Gasteiger partial charge on any atom is -0.508 e. The lowest BCUT2D eigenvalue weighted by molar-refractivity contribution is 0.0842. The molecule has 0 amide bonds. The highest BCUT2D eigenvalue weighted by molar-refractivity contribution is 5.85. The van der Waals surface area contributed by atoms with E-state index in [1.165, 1.54) is 0 Å². The lowest BCUT2D eigenvalue weighted by Crippen LogP contribution is -2.48. The Morgan fingerprint density at radius 1 is 1.14 bits per heavy atom. The summed E-state index contributed by atoms with van der Waals surface area (Å²) >= 11 is 0. The molecular formula is C16H28Cl2N2O. The Morgan fingerprint density at radius 3 is 2.19 bits per heavy atom. The molecule has 0 bridgehead atoms. The Kier molecular flexibility index (Phi) is 8.04. The fourth-order valence-corrected chi connectivity index (χ4v) is 3.04. The highest BCUT2D eigenvalue weighted by Crippen LogP contribution is 2.41. The number of halogens is 2. The van der Waals surface area contributed by atoms with E-state index in [1.807, 2.05) is 13.0 Å². The minimum absolute atomic E-state index is 0. The third kappa shape index (κ3) is 5.03. The van der Waals surface area contributed by atoms with E-state index in [2.05, 4.69) is 43.1 Å². The number of nitrogens with one attached hydrogen (secondary N) is 1. The second-order valence-electron chi connectivity index (χ2n) is 6.62. The van der Waals surface area contributed by atoms with Crippen molar-refractivity contribution in [2.45, 2.75) is 33.7 Å². The monoisotopic (exact) mass is 334 g/mol. The molecule has 1 aliphatic rings. The minimum atomic E-state index is 0. The van der Waals surface area contributed by atoms with Gasteiger partial charge in [0, 0.05) is 37.8 Å². The molecule has 1 aromatic carbocycles. The van der Waals surface area contributed by atoms with Gasteiger partial charge >= 0.3 is 0 Å². The molecule has 0 saturated carbocycles. The molecule has 1 saturated heterocycles. The molecule has 3 nitrogen and oxygen atoms in total. The normalized spacial score (nSPS) is 17.5. The average molecular weight is 335 g/mol. The zero-order valence-corrected chi connectivity index (χ0v) is 15.0. The maximum absolute atomic E-state index is 10.3. The zero-order valence-electron chi connectivity index (χ0n) is 13.3. The van der Waals surface area contributed by atoms with Gasteiger partial charge in [-0.05, 0) is 24.0 Å². The molecule has 0 spiro atoms. The molecule has 0 aromatic heterocycles. The third-order valence-electron chi connectivity index (χ3n) is 3.82. The number of benzene rings is 1. The number of rotatable bonds is 2. The molecule has 1 aliphatic heterocycles. The van der Waals surface area contributed by atoms with Crippen LogP contribution in [-0.4, -0.2) is 36.2 Å². The van der Waals surface area contributed by atoms with Gasteiger partial charge in [0.25, 0.3) is 0 Å². The number of phenols is 1. The average Bonchev–Trinajstić information content (AvgIpc) is 2.32. The Labute approximate surface area is 140 Å². The first-order valence-electron chi connectivity index (χ1n) is 7.14. The summed E-state index contributed by atoms with van der Waals surface area (Å²) in [6, 6.07) is 6.31. The topological polar surface area (TPSA) is 35.5 Å². The van der Waals surface area contributed by atoms with Crippen LogP contribution in [0.2, 0.25) is 0 Å². The molecule has 0 unspecified atom stereocenters. The van der Waals surface area contributed by atoms with Crippen LogP contribution in [0.15, 0.2) is 18.2 Å². The van der Waals surface area contributed by atoms with Gasteiger partial charge in [0.15, 0.2) is 0 Å². The fourth-order valence-electron chi connectivity index (χ4n) is 3.04. The molecule has 21 heavy (non-hydrogen) atoms. The van der Waals surface area contributed by atoms with Crippen molar-refractivity contribution in [3.8, 4) is 5.75 Å². The van der Waals surface area contributed by atoms with Crippen molar-refractivity contribution in [1.29, 1.82) is 0 Å². The standard InChI is InChI=1S/C16H26N2O.2ClH/c1-12-5-6-13(14(19)11-12)15(16(2,3)4)18-9-7-17-8-10-18;;/h5-6,11,15,17,19H,7-10H2,1-4H3;2*1H/t15-;;/m0../s1. The van der Waals surface area contributed by atoms with Crippen molar-refractivity contribution in [2.75, 3.05) is 26.2 Å². The number of hydrogen-bond acceptors (Lipinski definition) is 3. The third-order valence-corrected chi connectivity index (χ3v) is 3.82. The SMILES string of the molecule is Cc1ccc([C@H](N2CCNCC2)C(C)(C)C)c(O)c1.Cl.Cl. The summed E-state index contributed by atoms with van der Waals surface area (Å²) in [5, 5.41) is 13.7. The van der Waals surface area contributed by atoms with Crippen molar-refractivity contribution < 1.29 is 5.11 Å². The molecule has 2 rings (SSSR count). The van der Waals surface area contributed by atoms with E-state index in [0.717, 1.165) is 37.3 Å². The number of aromatic hydroxyl groups is 1. The van der Waals surface area contributed by atoms with E-state index < -0.39 is 0 Å². The van der Waals surface area contributed by atoms with Crippen LogP contribution in [0.5, 0.6) is 5.75 Å². The number of aryl methyl sites for hydroxylation is 1. The van der Waals surface area contributed by atoms with Gasteiger partial charge in [-0.3, -0.25) is 4.90 Å². The summed E-state index contributed by atoms with van der Waals surface area (Å²) in [6.07, 6.45) is 0. The summed E-state index contributed by atoms with van der Waals surface area (Å²) < 4.78 is 0. The first kappa shape index (κ1) is 20.5. The maximum atomic E-state index is 10.3. The lowest BCUT2D eigenvalue weighted by atomic mass is 9.80. The van der Waals surface area contributed by atoms with Crippen LogP contribution in [0.25, 0.3) is 0 Å². The largest absolute Gasteiger partial charge is 0.508 e. The van der Waals surface area contributed by atoms with Crippen molar-refractivity contribution >= 4 is 24.8 Å². The highest BCUT2D eigenvalue weighted by atomic mass is 35.5. The number of piperazine rings is 1. The van der Waals surface area contributed by atoms with Crippen molar-refractivity contribution in [3.05, 3.63) is 29.3 Å². The Bertz CT molecular complexity index is 440. The van der Waals surface area contributed by atoms with Crippen LogP contribution >= 0.6 is 24.8 Å². The summed E-state index contributed by atoms with van der Waals surface area (Å²) in [7, 11) is 0. The molecule has 5 heteroatoms. The van der Waals surface area contributed by atoms with Gasteiger partial charge in [-0.1, -0.05) is 32.9 Å². The lowest BCUT2D eigenvalue weighted by Gasteiger charge is -2.42. The smallest absolute Gasteiger partial charge is 0.120 e. The van der Waals surface area contributed by atoms with E-state index >= 15 is 0 Å². The molecule has 1 atom stereocenters. The van der Waals surface area contributed by atoms with Crippen LogP contribution in [0.3, 0.4) is 0 Å². The molecule has 2 N–H and O–H groups in total. The molecule has 0 aliphatic carbocycles. The Balaban J connectivity index is 0.00000200. The second-order valence-corrected chi connectivity index (χ2v) is 6.62. The molecule has 1 fully saturated rings. The molecule has 1 heterocycles. The Morgan fingerprint density at radius 2 is 1.71 bits per heavy atom. The van der Waals surface area contributed by atoms with Gasteiger partial charge in [-0.15, -0.1) is 24.8 Å². The molecule has 122 valence electrons. The van der Waals surface area contributed by atoms with Gasteiger partial charge < -0.3 is 10.4 Å². The molecular weight excluding hydrogens is 307 g/mol. The summed E-state index contributed by atoms with van der Waals surface area (Å²) in [6.45, 7) is 12.9. The second kappa shape index (κ2) is 8.23. The number of nitrogens with zero attached hydrogens (tertiary/aromatic N) is 1. The quantitative estimate of drug-likeness (QED) is 0.868. The fraction of sp³-hybridized carbons (Fsp3) is 0.625. The molecule has 0 radical (unpaired) electrons. The van der Waals surface area contributed by atoms with Gasteiger partial charge in [-0.2, -0.15) is 0 Å². The van der Waals surface area contributed by atoms with E-state index in [4.69, 9.17) is 0 Å². The summed E-state index contributed by atoms with van der Waals surface area (Å²) in [5.41, 5.74) is 2.26. The number of phenolic OH excluding ortho intramolecular Hbond substituents is 1. The van der Waals surface area contributed by atoms with E-state index in [-0.39, 0.29) is 36.3 Å². The van der Waals surface area contributed by atoms with Crippen molar-refractivity contribution in [3.63, 3.8) is 0 Å². The van der Waals surface area contributed by atoms with Crippen LogP contribution in [0, 0.1) is 12.3 Å². The zero-order chi connectivity index (χ0) is 14.0. The van der Waals surface area contributed by atoms with E-state index in [1.54, 1.807) is 0 Å². The summed E-state index contributed by atoms with van der Waals surface area (Å²) in [5.74, 6) is 0.429.